The summed E-state index contributed by atoms with van der Waals surface area (Å²) in [5.74, 6) is -0.430. The molecule has 0 aromatic heterocycles. The molecule has 2 rings (SSSR count). The maximum Gasteiger partial charge on any atom is 0.244 e. The number of nitrogens with one attached hydrogen (secondary N) is 1. The van der Waals surface area contributed by atoms with Crippen LogP contribution in [-0.4, -0.2) is 56.6 Å². The highest BCUT2D eigenvalue weighted by Gasteiger charge is 2.33. The Labute approximate surface area is 219 Å². The fourth-order valence-electron chi connectivity index (χ4n) is 3.80. The average molecular weight is 538 g/mol. The first-order valence-electron chi connectivity index (χ1n) is 11.6. The van der Waals surface area contributed by atoms with Crippen LogP contribution in [0.15, 0.2) is 42.5 Å². The summed E-state index contributed by atoms with van der Waals surface area (Å²) in [7, 11) is -2.40. The second-order valence-corrected chi connectivity index (χ2v) is 12.1. The summed E-state index contributed by atoms with van der Waals surface area (Å²) in [6.45, 7) is 9.01. The molecule has 2 aromatic rings. The third-order valence-corrected chi connectivity index (χ3v) is 6.86. The lowest BCUT2D eigenvalue weighted by Gasteiger charge is -2.34. The van der Waals surface area contributed by atoms with Gasteiger partial charge in [-0.25, -0.2) is 8.42 Å². The molecule has 10 heteroatoms. The number of anilines is 1. The molecule has 0 radical (unpaired) electrons. The van der Waals surface area contributed by atoms with E-state index in [0.717, 1.165) is 21.7 Å². The fraction of sp³-hybridized carbons (Fsp3) is 0.462. The number of hydrogen-bond acceptors (Lipinski definition) is 5. The van der Waals surface area contributed by atoms with Crippen LogP contribution in [0.1, 0.15) is 45.2 Å². The van der Waals surface area contributed by atoms with Crippen molar-refractivity contribution in [2.45, 2.75) is 59.2 Å². The van der Waals surface area contributed by atoms with Gasteiger partial charge in [0.15, 0.2) is 0 Å². The number of methoxy groups -OCH3 is 1. The number of ether oxygens (including phenoxy) is 1. The highest BCUT2D eigenvalue weighted by Crippen LogP contribution is 2.30. The number of amides is 2. The van der Waals surface area contributed by atoms with E-state index in [1.807, 2.05) is 58.9 Å². The SMILES string of the molecule is CC[C@H](C(=O)NC(C)(C)C)N(Cc1cccc(C)c1)C(=O)CN(c1ccc(OC)c(Cl)c1)S(C)(=O)=O. The molecule has 0 fully saturated rings. The lowest BCUT2D eigenvalue weighted by Crippen LogP contribution is -2.55. The van der Waals surface area contributed by atoms with E-state index in [9.17, 15) is 18.0 Å². The number of sulfonamides is 1. The zero-order valence-electron chi connectivity index (χ0n) is 22.0. The van der Waals surface area contributed by atoms with Crippen LogP contribution in [0.5, 0.6) is 5.75 Å². The normalized spacial score (nSPS) is 12.6. The van der Waals surface area contributed by atoms with Crippen molar-refractivity contribution >= 4 is 39.1 Å². The summed E-state index contributed by atoms with van der Waals surface area (Å²) in [6, 6.07) is 11.3. The van der Waals surface area contributed by atoms with Crippen LogP contribution in [-0.2, 0) is 26.2 Å². The van der Waals surface area contributed by atoms with Crippen LogP contribution in [0.4, 0.5) is 5.69 Å². The predicted octanol–water partition coefficient (Wildman–Crippen LogP) is 4.15. The van der Waals surface area contributed by atoms with Crippen molar-refractivity contribution in [1.82, 2.24) is 10.2 Å². The zero-order valence-corrected chi connectivity index (χ0v) is 23.5. The molecule has 0 spiro atoms. The van der Waals surface area contributed by atoms with Crippen molar-refractivity contribution in [3.8, 4) is 5.75 Å². The van der Waals surface area contributed by atoms with Gasteiger partial charge in [0, 0.05) is 12.1 Å². The van der Waals surface area contributed by atoms with Crippen molar-refractivity contribution in [3.05, 3.63) is 58.6 Å². The number of halogens is 1. The van der Waals surface area contributed by atoms with Gasteiger partial charge in [-0.1, -0.05) is 48.4 Å². The Morgan fingerprint density at radius 1 is 1.14 bits per heavy atom. The molecule has 0 bridgehead atoms. The topological polar surface area (TPSA) is 96.0 Å². The van der Waals surface area contributed by atoms with Gasteiger partial charge in [0.25, 0.3) is 0 Å². The molecule has 198 valence electrons. The molecule has 0 heterocycles. The number of rotatable bonds is 10. The number of carbonyl (C=O) groups excluding carboxylic acids is 2. The minimum Gasteiger partial charge on any atom is -0.495 e. The fourth-order valence-corrected chi connectivity index (χ4v) is 4.90. The second-order valence-electron chi connectivity index (χ2n) is 9.76. The summed E-state index contributed by atoms with van der Waals surface area (Å²) < 4.78 is 31.6. The van der Waals surface area contributed by atoms with E-state index >= 15 is 0 Å². The van der Waals surface area contributed by atoms with Gasteiger partial charge in [-0.05, 0) is 57.9 Å². The highest BCUT2D eigenvalue weighted by molar-refractivity contribution is 7.92. The number of aryl methyl sites for hydroxylation is 1. The van der Waals surface area contributed by atoms with Crippen LogP contribution in [0.25, 0.3) is 0 Å². The summed E-state index contributed by atoms with van der Waals surface area (Å²) in [6.07, 6.45) is 1.37. The molecular weight excluding hydrogens is 502 g/mol. The van der Waals surface area contributed by atoms with Gasteiger partial charge in [-0.2, -0.15) is 0 Å². The largest absolute Gasteiger partial charge is 0.495 e. The monoisotopic (exact) mass is 537 g/mol. The maximum absolute atomic E-state index is 13.7. The number of benzene rings is 2. The molecule has 0 aliphatic carbocycles. The van der Waals surface area contributed by atoms with Gasteiger partial charge in [-0.15, -0.1) is 0 Å². The van der Waals surface area contributed by atoms with Gasteiger partial charge in [0.2, 0.25) is 21.8 Å². The van der Waals surface area contributed by atoms with E-state index in [-0.39, 0.29) is 23.2 Å². The average Bonchev–Trinajstić information content (AvgIpc) is 2.75. The quantitative estimate of drug-likeness (QED) is 0.491. The third kappa shape index (κ3) is 8.13. The summed E-state index contributed by atoms with van der Waals surface area (Å²) in [4.78, 5) is 28.4. The first-order chi connectivity index (χ1) is 16.7. The minimum atomic E-state index is -3.86. The Hall–Kier alpha value is -2.78. The predicted molar refractivity (Wildman–Crippen MR) is 144 cm³/mol. The number of hydrogen-bond donors (Lipinski definition) is 1. The summed E-state index contributed by atoms with van der Waals surface area (Å²) >= 11 is 6.23. The van der Waals surface area contributed by atoms with E-state index in [4.69, 9.17) is 16.3 Å². The van der Waals surface area contributed by atoms with Crippen LogP contribution in [0, 0.1) is 6.92 Å². The highest BCUT2D eigenvalue weighted by atomic mass is 35.5. The lowest BCUT2D eigenvalue weighted by molar-refractivity contribution is -0.141. The van der Waals surface area contributed by atoms with Crippen molar-refractivity contribution < 1.29 is 22.7 Å². The molecule has 0 saturated carbocycles. The third-order valence-electron chi connectivity index (χ3n) is 5.42. The van der Waals surface area contributed by atoms with Gasteiger partial charge < -0.3 is 15.0 Å². The van der Waals surface area contributed by atoms with E-state index in [2.05, 4.69) is 5.32 Å². The molecule has 2 amide bonds. The first-order valence-corrected chi connectivity index (χ1v) is 13.9. The van der Waals surface area contributed by atoms with Crippen LogP contribution >= 0.6 is 11.6 Å². The van der Waals surface area contributed by atoms with Crippen LogP contribution in [0.2, 0.25) is 5.02 Å². The zero-order chi connectivity index (χ0) is 27.3. The van der Waals surface area contributed by atoms with Gasteiger partial charge >= 0.3 is 0 Å². The minimum absolute atomic E-state index is 0.150. The summed E-state index contributed by atoms with van der Waals surface area (Å²) in [5, 5.41) is 3.15. The van der Waals surface area contributed by atoms with E-state index in [0.29, 0.717) is 12.2 Å². The molecule has 8 nitrogen and oxygen atoms in total. The molecule has 0 saturated heterocycles. The van der Waals surface area contributed by atoms with E-state index in [1.165, 1.54) is 30.2 Å². The smallest absolute Gasteiger partial charge is 0.244 e. The van der Waals surface area contributed by atoms with Crippen LogP contribution in [0.3, 0.4) is 0 Å². The summed E-state index contributed by atoms with van der Waals surface area (Å²) in [5.41, 5.74) is 1.57. The Bertz CT molecular complexity index is 1190. The molecule has 1 atom stereocenters. The van der Waals surface area contributed by atoms with Crippen LogP contribution < -0.4 is 14.4 Å². The Balaban J connectivity index is 2.49. The van der Waals surface area contributed by atoms with Crippen molar-refractivity contribution in [2.24, 2.45) is 0 Å². The van der Waals surface area contributed by atoms with Crippen molar-refractivity contribution in [2.75, 3.05) is 24.2 Å². The molecule has 36 heavy (non-hydrogen) atoms. The van der Waals surface area contributed by atoms with Gasteiger partial charge in [-0.3, -0.25) is 13.9 Å². The van der Waals surface area contributed by atoms with E-state index < -0.39 is 34.1 Å². The lowest BCUT2D eigenvalue weighted by atomic mass is 10.0. The molecule has 0 unspecified atom stereocenters. The van der Waals surface area contributed by atoms with Gasteiger partial charge in [0.05, 0.1) is 24.1 Å². The van der Waals surface area contributed by atoms with E-state index in [1.54, 1.807) is 0 Å². The van der Waals surface area contributed by atoms with Crippen molar-refractivity contribution in [1.29, 1.82) is 0 Å². The number of carbonyl (C=O) groups is 2. The Morgan fingerprint density at radius 3 is 2.31 bits per heavy atom. The number of nitrogens with zero attached hydrogens (tertiary/aromatic N) is 2. The standard InChI is InChI=1S/C26H36ClN3O5S/c1-8-22(25(32)28-26(3,4)5)29(16-19-11-9-10-18(2)14-19)24(31)17-30(36(7,33)34)20-12-13-23(35-6)21(27)15-20/h9-15,22H,8,16-17H2,1-7H3,(H,28,32)/t22-/m1/s1. The molecule has 2 aromatic carbocycles. The maximum atomic E-state index is 13.7. The van der Waals surface area contributed by atoms with Crippen molar-refractivity contribution in [3.63, 3.8) is 0 Å². The molecular formula is C26H36ClN3O5S. The Kier molecular flexibility index (Phi) is 9.79. The second kappa shape index (κ2) is 12.0. The Morgan fingerprint density at radius 2 is 1.81 bits per heavy atom. The van der Waals surface area contributed by atoms with Gasteiger partial charge in [0.1, 0.15) is 18.3 Å². The molecule has 0 aliphatic heterocycles. The molecule has 0 aliphatic rings. The molecule has 1 N–H and O–H groups in total. The first kappa shape index (κ1) is 29.5.